The van der Waals surface area contributed by atoms with E-state index in [4.69, 9.17) is 0 Å². The van der Waals surface area contributed by atoms with E-state index in [0.717, 1.165) is 0 Å². The van der Waals surface area contributed by atoms with Crippen molar-refractivity contribution in [3.05, 3.63) is 24.8 Å². The molecule has 0 atom stereocenters. The highest BCUT2D eigenvalue weighted by atomic mass is 14.0. The van der Waals surface area contributed by atoms with Crippen LogP contribution in [-0.2, 0) is 0 Å². The van der Waals surface area contributed by atoms with Gasteiger partial charge in [0.15, 0.2) is 0 Å². The van der Waals surface area contributed by atoms with Crippen molar-refractivity contribution in [3.63, 3.8) is 0 Å². The van der Waals surface area contributed by atoms with Crippen molar-refractivity contribution >= 4 is 0 Å². The molecule has 0 heteroatoms. The number of hydrogen-bond donors (Lipinski definition) is 0. The Balaban J connectivity index is 2.90. The topological polar surface area (TPSA) is 0 Å². The van der Waals surface area contributed by atoms with Gasteiger partial charge in [0.2, 0.25) is 0 Å². The second-order valence-corrected chi connectivity index (χ2v) is 4.62. The summed E-state index contributed by atoms with van der Waals surface area (Å²) >= 11 is 0. The first-order valence-corrected chi connectivity index (χ1v) is 7.14. The van der Waals surface area contributed by atoms with Gasteiger partial charge in [0, 0.05) is 0 Å². The van der Waals surface area contributed by atoms with E-state index in [-0.39, 0.29) is 0 Å². The predicted molar refractivity (Wildman–Crippen MR) is 75.8 cm³/mol. The van der Waals surface area contributed by atoms with E-state index >= 15 is 0 Å². The van der Waals surface area contributed by atoms with Crippen LogP contribution in [-0.4, -0.2) is 0 Å². The summed E-state index contributed by atoms with van der Waals surface area (Å²) in [5.41, 5.74) is 0. The maximum absolute atomic E-state index is 3.74. The fraction of sp³-hybridized carbons (Fsp3) is 0.750. The lowest BCUT2D eigenvalue weighted by Gasteiger charge is -2.01. The van der Waals surface area contributed by atoms with Gasteiger partial charge in [0.1, 0.15) is 0 Å². The molecule has 0 bridgehead atoms. The summed E-state index contributed by atoms with van der Waals surface area (Å²) in [7, 11) is 0. The highest BCUT2D eigenvalue weighted by Gasteiger charge is 1.91. The average molecular weight is 222 g/mol. The van der Waals surface area contributed by atoms with Gasteiger partial charge in [-0.25, -0.2) is 0 Å². The molecule has 0 N–H and O–H groups in total. The Morgan fingerprint density at radius 1 is 0.688 bits per heavy atom. The van der Waals surface area contributed by atoms with Gasteiger partial charge < -0.3 is 0 Å². The highest BCUT2D eigenvalue weighted by molar-refractivity contribution is 4.76. The minimum absolute atomic E-state index is 1.20. The minimum Gasteiger partial charge on any atom is -0.103 e. The van der Waals surface area contributed by atoms with Gasteiger partial charge in [-0.1, -0.05) is 63.2 Å². The van der Waals surface area contributed by atoms with E-state index in [1.807, 2.05) is 6.08 Å². The zero-order valence-electron chi connectivity index (χ0n) is 11.2. The third kappa shape index (κ3) is 13.5. The molecule has 0 spiro atoms. The van der Waals surface area contributed by atoms with Crippen molar-refractivity contribution in [2.45, 2.75) is 77.6 Å². The van der Waals surface area contributed by atoms with Gasteiger partial charge in [-0.3, -0.25) is 0 Å². The van der Waals surface area contributed by atoms with Gasteiger partial charge in [0.25, 0.3) is 0 Å². The molecule has 0 saturated heterocycles. The second-order valence-electron chi connectivity index (χ2n) is 4.62. The third-order valence-corrected chi connectivity index (χ3v) is 3.01. The number of rotatable bonds is 12. The first-order valence-electron chi connectivity index (χ1n) is 7.14. The lowest BCUT2D eigenvalue weighted by atomic mass is 10.1. The Hall–Kier alpha value is -0.520. The molecule has 0 unspecified atom stereocenters. The molecular formula is C16H30. The zero-order valence-corrected chi connectivity index (χ0v) is 11.2. The molecule has 0 aliphatic carbocycles. The molecule has 0 aliphatic rings. The van der Waals surface area contributed by atoms with Crippen LogP contribution in [0.1, 0.15) is 77.6 Å². The summed E-state index contributed by atoms with van der Waals surface area (Å²) in [5.74, 6) is 0. The van der Waals surface area contributed by atoms with Crippen molar-refractivity contribution in [1.29, 1.82) is 0 Å². The Morgan fingerprint density at radius 2 is 1.12 bits per heavy atom. The van der Waals surface area contributed by atoms with Gasteiger partial charge in [-0.2, -0.15) is 0 Å². The fourth-order valence-corrected chi connectivity index (χ4v) is 1.95. The average Bonchev–Trinajstić information content (AvgIpc) is 2.31. The van der Waals surface area contributed by atoms with E-state index < -0.39 is 0 Å². The summed E-state index contributed by atoms with van der Waals surface area (Å²) in [6, 6.07) is 0. The minimum atomic E-state index is 1.20. The summed E-state index contributed by atoms with van der Waals surface area (Å²) in [6.07, 6.45) is 21.7. The molecular weight excluding hydrogens is 192 g/mol. The molecule has 0 nitrogen and oxygen atoms in total. The van der Waals surface area contributed by atoms with Crippen molar-refractivity contribution in [2.75, 3.05) is 0 Å². The highest BCUT2D eigenvalue weighted by Crippen LogP contribution is 2.11. The van der Waals surface area contributed by atoms with Crippen molar-refractivity contribution in [2.24, 2.45) is 0 Å². The number of hydrogen-bond acceptors (Lipinski definition) is 0. The number of allylic oxidation sites excluding steroid dienone is 3. The van der Waals surface area contributed by atoms with Crippen LogP contribution in [0.4, 0.5) is 0 Å². The fourth-order valence-electron chi connectivity index (χ4n) is 1.95. The van der Waals surface area contributed by atoms with Gasteiger partial charge in [-0.05, 0) is 32.6 Å². The normalized spacial score (nSPS) is 11.1. The SMILES string of the molecule is C=CCCCCCCCCCCC/C=C/C. The van der Waals surface area contributed by atoms with Crippen LogP contribution in [0, 0.1) is 0 Å². The molecule has 0 saturated carbocycles. The van der Waals surface area contributed by atoms with Crippen LogP contribution in [0.3, 0.4) is 0 Å². The smallest absolute Gasteiger partial charge is 0.0351 e. The maximum atomic E-state index is 3.74. The lowest BCUT2D eigenvalue weighted by Crippen LogP contribution is -1.81. The predicted octanol–water partition coefficient (Wildman–Crippen LogP) is 6.04. The zero-order chi connectivity index (χ0) is 11.9. The summed E-state index contributed by atoms with van der Waals surface area (Å²) < 4.78 is 0. The third-order valence-electron chi connectivity index (χ3n) is 3.01. The van der Waals surface area contributed by atoms with Crippen LogP contribution in [0.5, 0.6) is 0 Å². The monoisotopic (exact) mass is 222 g/mol. The van der Waals surface area contributed by atoms with Gasteiger partial charge >= 0.3 is 0 Å². The van der Waals surface area contributed by atoms with Crippen molar-refractivity contribution < 1.29 is 0 Å². The molecule has 0 rings (SSSR count). The summed E-state index contributed by atoms with van der Waals surface area (Å²) in [5, 5.41) is 0. The quantitative estimate of drug-likeness (QED) is 0.279. The first-order chi connectivity index (χ1) is 7.91. The van der Waals surface area contributed by atoms with E-state index in [1.54, 1.807) is 0 Å². The van der Waals surface area contributed by atoms with E-state index in [9.17, 15) is 0 Å². The largest absolute Gasteiger partial charge is 0.103 e. The Bertz CT molecular complexity index is 155. The van der Waals surface area contributed by atoms with Crippen LogP contribution in [0.2, 0.25) is 0 Å². The molecule has 16 heavy (non-hydrogen) atoms. The molecule has 0 aromatic rings. The van der Waals surface area contributed by atoms with Crippen LogP contribution < -0.4 is 0 Å². The molecule has 0 aromatic carbocycles. The van der Waals surface area contributed by atoms with E-state index in [1.165, 1.54) is 70.6 Å². The van der Waals surface area contributed by atoms with Crippen molar-refractivity contribution in [3.8, 4) is 0 Å². The Labute approximate surface area is 103 Å². The summed E-state index contributed by atoms with van der Waals surface area (Å²) in [6.45, 7) is 5.85. The molecule has 0 aromatic heterocycles. The van der Waals surface area contributed by atoms with E-state index in [2.05, 4.69) is 25.7 Å². The lowest BCUT2D eigenvalue weighted by molar-refractivity contribution is 0.561. The maximum Gasteiger partial charge on any atom is -0.0351 e. The standard InChI is InChI=1S/C16H30/c1-3-5-7-9-11-13-15-16-14-12-10-8-6-4-2/h3-4,6H,1,5,7-16H2,2H3/b6-4+. The molecule has 0 amide bonds. The number of unbranched alkanes of at least 4 members (excludes halogenated alkanes) is 10. The van der Waals surface area contributed by atoms with E-state index in [0.29, 0.717) is 0 Å². The van der Waals surface area contributed by atoms with Crippen molar-refractivity contribution in [1.82, 2.24) is 0 Å². The Kier molecular flexibility index (Phi) is 14.0. The second kappa shape index (κ2) is 14.5. The van der Waals surface area contributed by atoms with Crippen LogP contribution >= 0.6 is 0 Å². The molecule has 94 valence electrons. The molecule has 0 heterocycles. The molecule has 0 aliphatic heterocycles. The van der Waals surface area contributed by atoms with Gasteiger partial charge in [-0.15, -0.1) is 6.58 Å². The van der Waals surface area contributed by atoms with Gasteiger partial charge in [0.05, 0.1) is 0 Å². The van der Waals surface area contributed by atoms with Crippen LogP contribution in [0.25, 0.3) is 0 Å². The van der Waals surface area contributed by atoms with Crippen LogP contribution in [0.15, 0.2) is 24.8 Å². The molecule has 0 radical (unpaired) electrons. The summed E-state index contributed by atoms with van der Waals surface area (Å²) in [4.78, 5) is 0. The first kappa shape index (κ1) is 15.5. The Morgan fingerprint density at radius 3 is 1.56 bits per heavy atom. The molecule has 0 fully saturated rings.